The maximum absolute atomic E-state index is 3.33. The van der Waals surface area contributed by atoms with E-state index < -0.39 is 0 Å². The highest BCUT2D eigenvalue weighted by molar-refractivity contribution is 9.50. The fourth-order valence-corrected chi connectivity index (χ4v) is 3.05. The second-order valence-electron chi connectivity index (χ2n) is 2.09. The van der Waals surface area contributed by atoms with Gasteiger partial charge in [-0.15, -0.1) is 0 Å². The van der Waals surface area contributed by atoms with E-state index >= 15 is 0 Å². The van der Waals surface area contributed by atoms with Gasteiger partial charge in [-0.3, -0.25) is 0 Å². The van der Waals surface area contributed by atoms with Crippen LogP contribution in [0.3, 0.4) is 0 Å². The number of hydrogen-bond donors (Lipinski definition) is 0. The molecule has 1 nitrogen and oxygen atoms in total. The summed E-state index contributed by atoms with van der Waals surface area (Å²) in [4.78, 5) is 3.28. The quantitative estimate of drug-likeness (QED) is 0.726. The molecule has 1 aromatic carbocycles. The summed E-state index contributed by atoms with van der Waals surface area (Å²) in [7, 11) is 1.57. The highest BCUT2D eigenvalue weighted by Crippen LogP contribution is 2.29. The number of fused-ring (bicyclic) bond motifs is 1. The van der Waals surface area contributed by atoms with Gasteiger partial charge in [0.1, 0.15) is 4.70 Å². The minimum absolute atomic E-state index is 0. The third kappa shape index (κ3) is 2.02. The predicted molar refractivity (Wildman–Crippen MR) is 53.2 cm³/mol. The molecule has 0 radical (unpaired) electrons. The third-order valence-corrected chi connectivity index (χ3v) is 4.62. The molecule has 64 valence electrons. The second-order valence-corrected chi connectivity index (χ2v) is 4.93. The molecule has 0 spiro atoms. The normalized spacial score (nSPS) is 9.75. The summed E-state index contributed by atoms with van der Waals surface area (Å²) < 4.78 is 2.49. The lowest BCUT2D eigenvalue weighted by atomic mass is 10.3. The van der Waals surface area contributed by atoms with E-state index in [2.05, 4.69) is 38.0 Å². The topological polar surface area (TPSA) is 14.1 Å². The Hall–Kier alpha value is 0.420. The van der Waals surface area contributed by atoms with E-state index in [1.807, 2.05) is 6.07 Å². The number of halogens is 2. The molecule has 0 aliphatic rings. The highest BCUT2D eigenvalue weighted by atomic mass is 79.9. The molecule has 0 bridgehead atoms. The number of para-hydroxylation sites is 1. The minimum atomic E-state index is 0. The molecule has 0 unspecified atom stereocenters. The molecule has 0 saturated heterocycles. The predicted octanol–water partition coefficient (Wildman–Crippen LogP) is 0.121. The second kappa shape index (κ2) is 4.60. The van der Waals surface area contributed by atoms with Gasteiger partial charge in [0.15, 0.2) is 0 Å². The first kappa shape index (κ1) is 10.5. The van der Waals surface area contributed by atoms with E-state index in [1.165, 1.54) is 14.6 Å². The monoisotopic (exact) mass is 325 g/mol. The Morgan fingerprint density at radius 1 is 1.33 bits per heavy atom. The molecule has 0 fully saturated rings. The molecule has 2 rings (SSSR count). The molecular weight excluding hydrogens is 322 g/mol. The zero-order chi connectivity index (χ0) is 7.68. The standard InChI is InChI=1S/C7H4BrNS2.BrH/c8-11-7-9-5-3-1-2-4-6(5)10-7;/h1-4H;1H. The maximum Gasteiger partial charge on any atom is 0.307 e. The first-order valence-electron chi connectivity index (χ1n) is 3.09. The van der Waals surface area contributed by atoms with Crippen molar-refractivity contribution in [3.63, 3.8) is 0 Å². The highest BCUT2D eigenvalue weighted by Gasteiger charge is 2.08. The van der Waals surface area contributed by atoms with Gasteiger partial charge in [-0.05, 0) is 6.07 Å². The molecule has 2 aromatic rings. The van der Waals surface area contributed by atoms with E-state index in [0.29, 0.717) is 0 Å². The van der Waals surface area contributed by atoms with Crippen LogP contribution in [0.15, 0.2) is 28.6 Å². The van der Waals surface area contributed by atoms with E-state index in [1.54, 1.807) is 21.5 Å². The van der Waals surface area contributed by atoms with Crippen LogP contribution in [0.25, 0.3) is 10.2 Å². The number of aromatic amines is 1. The molecule has 1 N–H and O–H groups in total. The van der Waals surface area contributed by atoms with Crippen molar-refractivity contribution >= 4 is 46.6 Å². The van der Waals surface area contributed by atoms with Crippen molar-refractivity contribution in [1.82, 2.24) is 0 Å². The van der Waals surface area contributed by atoms with Crippen LogP contribution in [0, 0.1) is 0 Å². The lowest BCUT2D eigenvalue weighted by Crippen LogP contribution is -3.00. The maximum atomic E-state index is 3.33. The Kier molecular flexibility index (Phi) is 4.02. The Labute approximate surface area is 96.6 Å². The number of H-pyrrole nitrogens is 1. The first-order valence-corrected chi connectivity index (χ1v) is 6.57. The Morgan fingerprint density at radius 3 is 2.75 bits per heavy atom. The Morgan fingerprint density at radius 2 is 2.08 bits per heavy atom. The molecular formula is C7H5Br2NS2. The fraction of sp³-hybridized carbons (Fsp3) is 0. The lowest BCUT2D eigenvalue weighted by molar-refractivity contribution is -0.385. The average molecular weight is 327 g/mol. The summed E-state index contributed by atoms with van der Waals surface area (Å²) >= 11 is 5.09. The van der Waals surface area contributed by atoms with Gasteiger partial charge in [-0.1, -0.05) is 23.5 Å². The fourth-order valence-electron chi connectivity index (χ4n) is 0.929. The smallest absolute Gasteiger partial charge is 0.307 e. The summed E-state index contributed by atoms with van der Waals surface area (Å²) in [6.45, 7) is 0. The third-order valence-electron chi connectivity index (χ3n) is 1.40. The minimum Gasteiger partial charge on any atom is -1.00 e. The SMILES string of the molecule is BrSc1[nH+]c2ccccc2s1.[Br-]. The average Bonchev–Trinajstić information content (AvgIpc) is 2.46. The molecule has 1 aromatic heterocycles. The number of thiazole rings is 1. The van der Waals surface area contributed by atoms with Crippen molar-refractivity contribution in [2.24, 2.45) is 0 Å². The van der Waals surface area contributed by atoms with Crippen LogP contribution in [0.1, 0.15) is 0 Å². The molecule has 0 saturated carbocycles. The number of benzene rings is 1. The van der Waals surface area contributed by atoms with E-state index in [4.69, 9.17) is 0 Å². The van der Waals surface area contributed by atoms with Crippen molar-refractivity contribution in [2.75, 3.05) is 0 Å². The summed E-state index contributed by atoms with van der Waals surface area (Å²) in [5, 5.41) is 0. The summed E-state index contributed by atoms with van der Waals surface area (Å²) in [5.74, 6) is 0. The van der Waals surface area contributed by atoms with E-state index in [0.717, 1.165) is 0 Å². The molecule has 12 heavy (non-hydrogen) atoms. The van der Waals surface area contributed by atoms with Gasteiger partial charge in [-0.25, -0.2) is 0 Å². The van der Waals surface area contributed by atoms with Gasteiger partial charge in [0.2, 0.25) is 5.52 Å². The van der Waals surface area contributed by atoms with Crippen molar-refractivity contribution < 1.29 is 22.0 Å². The van der Waals surface area contributed by atoms with Crippen LogP contribution < -0.4 is 22.0 Å². The molecule has 0 amide bonds. The van der Waals surface area contributed by atoms with Gasteiger partial charge in [0.05, 0.1) is 0 Å². The van der Waals surface area contributed by atoms with Crippen LogP contribution in [0.5, 0.6) is 0 Å². The number of nitrogens with one attached hydrogen (secondary N) is 1. The Balaban J connectivity index is 0.000000720. The summed E-state index contributed by atoms with van der Waals surface area (Å²) in [5.41, 5.74) is 1.21. The van der Waals surface area contributed by atoms with Crippen molar-refractivity contribution in [3.8, 4) is 0 Å². The van der Waals surface area contributed by atoms with Crippen molar-refractivity contribution in [3.05, 3.63) is 24.3 Å². The summed E-state index contributed by atoms with van der Waals surface area (Å²) in [6, 6.07) is 8.28. The van der Waals surface area contributed by atoms with Gasteiger partial charge in [-0.2, -0.15) is 4.98 Å². The number of aromatic nitrogens is 1. The first-order chi connectivity index (χ1) is 5.40. The van der Waals surface area contributed by atoms with Crippen molar-refractivity contribution in [2.45, 2.75) is 4.34 Å². The van der Waals surface area contributed by atoms with Crippen LogP contribution in [0.2, 0.25) is 0 Å². The molecule has 0 aliphatic carbocycles. The van der Waals surface area contributed by atoms with Crippen molar-refractivity contribution in [1.29, 1.82) is 0 Å². The Bertz CT molecular complexity index is 341. The molecule has 0 atom stereocenters. The van der Waals surface area contributed by atoms with E-state index in [9.17, 15) is 0 Å². The van der Waals surface area contributed by atoms with Crippen LogP contribution in [-0.2, 0) is 0 Å². The van der Waals surface area contributed by atoms with Gasteiger partial charge >= 0.3 is 4.34 Å². The molecule has 0 aliphatic heterocycles. The number of rotatable bonds is 1. The molecule has 5 heteroatoms. The number of hydrogen-bond acceptors (Lipinski definition) is 2. The van der Waals surface area contributed by atoms with Gasteiger partial charge in [0, 0.05) is 31.1 Å². The molecule has 1 heterocycles. The largest absolute Gasteiger partial charge is 1.00 e. The zero-order valence-electron chi connectivity index (χ0n) is 5.88. The zero-order valence-corrected chi connectivity index (χ0v) is 10.7. The van der Waals surface area contributed by atoms with Crippen LogP contribution in [-0.4, -0.2) is 0 Å². The van der Waals surface area contributed by atoms with Gasteiger partial charge < -0.3 is 17.0 Å². The van der Waals surface area contributed by atoms with Crippen LogP contribution >= 0.6 is 36.3 Å². The summed E-state index contributed by atoms with van der Waals surface area (Å²) in [6.07, 6.45) is 0. The van der Waals surface area contributed by atoms with Crippen LogP contribution in [0.4, 0.5) is 0 Å². The lowest BCUT2D eigenvalue weighted by Gasteiger charge is -1.75. The van der Waals surface area contributed by atoms with Gasteiger partial charge in [0.25, 0.3) is 0 Å². The van der Waals surface area contributed by atoms with E-state index in [-0.39, 0.29) is 17.0 Å².